The molecular formula is C55H83N3O10. The van der Waals surface area contributed by atoms with Crippen LogP contribution in [0.5, 0.6) is 11.5 Å². The van der Waals surface area contributed by atoms with E-state index in [2.05, 4.69) is 30.6 Å². The van der Waals surface area contributed by atoms with Gasteiger partial charge in [0, 0.05) is 56.2 Å². The maximum atomic E-state index is 15.0. The number of ether oxygens (including phenoxy) is 5. The van der Waals surface area contributed by atoms with Crippen molar-refractivity contribution in [2.24, 2.45) is 22.9 Å². The summed E-state index contributed by atoms with van der Waals surface area (Å²) in [5.41, 5.74) is 4.45. The maximum Gasteiger partial charge on any atom is 0.239 e. The molecule has 2 aromatic rings. The summed E-state index contributed by atoms with van der Waals surface area (Å²) in [6.45, 7) is 10.1. The Hall–Kier alpha value is -3.85. The minimum absolute atomic E-state index is 0.00734. The zero-order chi connectivity index (χ0) is 48.0. The largest absolute Gasteiger partial charge is 0.487 e. The van der Waals surface area contributed by atoms with Crippen molar-refractivity contribution in [2.75, 3.05) is 52.8 Å². The Morgan fingerprint density at radius 1 is 0.941 bits per heavy atom. The number of unbranched alkanes of at least 4 members (excludes halogenated alkanes) is 10. The molecular weight excluding hydrogens is 863 g/mol. The standard InChI is InChI=1S/C55H83N3O10/c1-4-6-7-8-9-10-11-12-13-25-51(62)58(29-35-63-36-32-61)50-39-48(57-68-52-26-16-19-34-64-52)46-37-42(22-14-17-30-59)45(24-15-18-31-60)53-47-38-44(65-40-43-23-20-21-41(3)56-43)27-28-49(47)67-55(50,54(46)53)66-33-5-2/h5,20-21,23,27-28,37-38,42,45,50,52-54,59-61H,2,4,6-19,22,24-26,29-36,39-40H2,1,3H3/t42-,45+,50-,52?,53+,54+,55+/m0/s1. The van der Waals surface area contributed by atoms with Gasteiger partial charge in [0.2, 0.25) is 18.0 Å². The van der Waals surface area contributed by atoms with Crippen molar-refractivity contribution in [3.05, 3.63) is 77.7 Å². The van der Waals surface area contributed by atoms with E-state index in [1.807, 2.05) is 42.2 Å². The summed E-state index contributed by atoms with van der Waals surface area (Å²) >= 11 is 0. The van der Waals surface area contributed by atoms with Crippen LogP contribution in [0.4, 0.5) is 0 Å². The lowest BCUT2D eigenvalue weighted by molar-refractivity contribution is -0.258. The summed E-state index contributed by atoms with van der Waals surface area (Å²) in [5, 5.41) is 34.8. The van der Waals surface area contributed by atoms with Crippen molar-refractivity contribution < 1.29 is 48.6 Å². The van der Waals surface area contributed by atoms with Gasteiger partial charge in [-0.2, -0.15) is 0 Å². The number of aryl methyl sites for hydroxylation is 1. The van der Waals surface area contributed by atoms with Crippen LogP contribution in [0.3, 0.4) is 0 Å². The molecule has 1 saturated carbocycles. The number of rotatable bonds is 32. The molecule has 13 nitrogen and oxygen atoms in total. The summed E-state index contributed by atoms with van der Waals surface area (Å²) in [7, 11) is 0. The number of allylic oxidation sites excluding steroid dienone is 1. The second kappa shape index (κ2) is 28.7. The number of oxime groups is 1. The van der Waals surface area contributed by atoms with Gasteiger partial charge in [0.15, 0.2) is 0 Å². The van der Waals surface area contributed by atoms with Gasteiger partial charge in [-0.1, -0.05) is 94.5 Å². The van der Waals surface area contributed by atoms with Gasteiger partial charge in [-0.25, -0.2) is 0 Å². The van der Waals surface area contributed by atoms with Gasteiger partial charge in [-0.3, -0.25) is 9.78 Å². The van der Waals surface area contributed by atoms with E-state index in [1.165, 1.54) is 38.5 Å². The van der Waals surface area contributed by atoms with Gasteiger partial charge < -0.3 is 48.7 Å². The lowest BCUT2D eigenvalue weighted by Gasteiger charge is -2.60. The van der Waals surface area contributed by atoms with Crippen LogP contribution in [0.15, 0.2) is 65.9 Å². The molecule has 2 aliphatic carbocycles. The Balaban J connectivity index is 1.47. The molecule has 4 aliphatic rings. The predicted molar refractivity (Wildman–Crippen MR) is 264 cm³/mol. The van der Waals surface area contributed by atoms with E-state index >= 15 is 4.79 Å². The normalized spacial score (nSPS) is 24.7. The molecule has 0 spiro atoms. The molecule has 0 radical (unpaired) electrons. The summed E-state index contributed by atoms with van der Waals surface area (Å²) in [4.78, 5) is 28.0. The molecule has 2 aliphatic heterocycles. The summed E-state index contributed by atoms with van der Waals surface area (Å²) in [6, 6.07) is 11.3. The number of carbonyl (C=O) groups excluding carboxylic acids is 1. The highest BCUT2D eigenvalue weighted by Crippen LogP contribution is 2.62. The number of aliphatic hydroxyl groups is 3. The van der Waals surface area contributed by atoms with Crippen LogP contribution < -0.4 is 9.47 Å². The highest BCUT2D eigenvalue weighted by Gasteiger charge is 2.65. The van der Waals surface area contributed by atoms with E-state index in [9.17, 15) is 15.3 Å². The summed E-state index contributed by atoms with van der Waals surface area (Å²) < 4.78 is 33.1. The average Bonchev–Trinajstić information content (AvgIpc) is 3.35. The second-order valence-corrected chi connectivity index (χ2v) is 19.2. The van der Waals surface area contributed by atoms with E-state index in [-0.39, 0.29) is 69.8 Å². The number of hydrogen-bond acceptors (Lipinski definition) is 12. The van der Waals surface area contributed by atoms with E-state index in [0.717, 1.165) is 92.4 Å². The number of pyridine rings is 1. The molecule has 7 atom stereocenters. The number of carbonyl (C=O) groups is 1. The van der Waals surface area contributed by atoms with Crippen molar-refractivity contribution in [1.82, 2.24) is 9.88 Å². The number of fused-ring (bicyclic) bond motifs is 2. The summed E-state index contributed by atoms with van der Waals surface area (Å²) in [6.07, 6.45) is 21.9. The summed E-state index contributed by atoms with van der Waals surface area (Å²) in [5.74, 6) is -0.528. The molecule has 3 heterocycles. The van der Waals surface area contributed by atoms with Crippen LogP contribution in [-0.4, -0.2) is 108 Å². The molecule has 1 aromatic carbocycles. The predicted octanol–water partition coefficient (Wildman–Crippen LogP) is 9.89. The molecule has 1 amide bonds. The Labute approximate surface area is 406 Å². The van der Waals surface area contributed by atoms with Crippen molar-refractivity contribution in [3.63, 3.8) is 0 Å². The van der Waals surface area contributed by atoms with Crippen LogP contribution in [-0.2, 0) is 30.4 Å². The number of nitrogens with zero attached hydrogens (tertiary/aromatic N) is 3. The molecule has 2 fully saturated rings. The molecule has 68 heavy (non-hydrogen) atoms. The van der Waals surface area contributed by atoms with E-state index < -0.39 is 24.0 Å². The molecule has 6 rings (SSSR count). The molecule has 0 bridgehead atoms. The van der Waals surface area contributed by atoms with E-state index in [0.29, 0.717) is 50.4 Å². The van der Waals surface area contributed by atoms with E-state index in [1.54, 1.807) is 6.08 Å². The van der Waals surface area contributed by atoms with Gasteiger partial charge in [0.1, 0.15) is 24.1 Å². The van der Waals surface area contributed by atoms with Gasteiger partial charge >= 0.3 is 0 Å². The molecule has 1 aromatic heterocycles. The number of aromatic nitrogens is 1. The van der Waals surface area contributed by atoms with Crippen LogP contribution in [0, 0.1) is 24.7 Å². The highest BCUT2D eigenvalue weighted by molar-refractivity contribution is 6.03. The molecule has 378 valence electrons. The monoisotopic (exact) mass is 946 g/mol. The average molecular weight is 946 g/mol. The Bertz CT molecular complexity index is 1890. The Kier molecular flexibility index (Phi) is 22.6. The van der Waals surface area contributed by atoms with Crippen LogP contribution in [0.2, 0.25) is 0 Å². The van der Waals surface area contributed by atoms with Crippen LogP contribution in [0.1, 0.15) is 158 Å². The first kappa shape index (κ1) is 53.5. The molecule has 1 unspecified atom stereocenters. The van der Waals surface area contributed by atoms with Crippen molar-refractivity contribution in [1.29, 1.82) is 0 Å². The SMILES string of the molecule is C=CCO[C@@]12Oc3ccc(OCc4cccc(C)n4)cc3[C@H]3[C@H](CCCCO)[C@@H](CCCCO)C=C(C(=NOC4CCCCO4)C[C@@H]1N(CCOCCO)C(=O)CCCCCCCCCCC)[C@H]32. The van der Waals surface area contributed by atoms with Crippen molar-refractivity contribution in [3.8, 4) is 11.5 Å². The van der Waals surface area contributed by atoms with Gasteiger partial charge in [0.25, 0.3) is 0 Å². The van der Waals surface area contributed by atoms with Crippen molar-refractivity contribution >= 4 is 11.6 Å². The first-order chi connectivity index (χ1) is 33.4. The Morgan fingerprint density at radius 2 is 1.72 bits per heavy atom. The third-order valence-corrected chi connectivity index (χ3v) is 14.3. The number of benzene rings is 1. The first-order valence-corrected chi connectivity index (χ1v) is 26.3. The fourth-order valence-electron chi connectivity index (χ4n) is 11.0. The lowest BCUT2D eigenvalue weighted by atomic mass is 9.55. The zero-order valence-corrected chi connectivity index (χ0v) is 41.3. The highest BCUT2D eigenvalue weighted by atomic mass is 16.8. The second-order valence-electron chi connectivity index (χ2n) is 19.2. The number of amides is 1. The zero-order valence-electron chi connectivity index (χ0n) is 41.3. The fourth-order valence-corrected chi connectivity index (χ4v) is 11.0. The molecule has 3 N–H and O–H groups in total. The van der Waals surface area contributed by atoms with Crippen molar-refractivity contribution in [2.45, 2.75) is 173 Å². The first-order valence-electron chi connectivity index (χ1n) is 26.3. The van der Waals surface area contributed by atoms with E-state index in [4.69, 9.17) is 33.7 Å². The quantitative estimate of drug-likeness (QED) is 0.0364. The third-order valence-electron chi connectivity index (χ3n) is 14.3. The van der Waals surface area contributed by atoms with Gasteiger partial charge in [-0.05, 0) is 99.6 Å². The molecule has 1 saturated heterocycles. The number of aliphatic hydroxyl groups excluding tert-OH is 3. The minimum atomic E-state index is -1.39. The fraction of sp³-hybridized carbons (Fsp3) is 0.691. The van der Waals surface area contributed by atoms with Crippen LogP contribution in [0.25, 0.3) is 0 Å². The smallest absolute Gasteiger partial charge is 0.239 e. The Morgan fingerprint density at radius 3 is 2.44 bits per heavy atom. The topological polar surface area (TPSA) is 162 Å². The minimum Gasteiger partial charge on any atom is -0.487 e. The van der Waals surface area contributed by atoms with Gasteiger partial charge in [0.05, 0.1) is 50.4 Å². The maximum absolute atomic E-state index is 15.0. The van der Waals surface area contributed by atoms with Gasteiger partial charge in [-0.15, -0.1) is 6.58 Å². The number of hydrogen-bond donors (Lipinski definition) is 3. The van der Waals surface area contributed by atoms with Crippen LogP contribution >= 0.6 is 0 Å². The lowest BCUT2D eigenvalue weighted by Crippen LogP contribution is -2.70. The third kappa shape index (κ3) is 14.6. The molecule has 13 heteroatoms.